The summed E-state index contributed by atoms with van der Waals surface area (Å²) in [6.07, 6.45) is -1.74. The van der Waals surface area contributed by atoms with Crippen molar-refractivity contribution in [1.29, 1.82) is 0 Å². The van der Waals surface area contributed by atoms with Gasteiger partial charge in [-0.25, -0.2) is 0 Å². The van der Waals surface area contributed by atoms with Crippen LogP contribution >= 0.6 is 0 Å². The highest BCUT2D eigenvalue weighted by Crippen LogP contribution is 2.18. The van der Waals surface area contributed by atoms with Crippen LogP contribution in [0.4, 0.5) is 13.2 Å². The van der Waals surface area contributed by atoms with E-state index in [1.54, 1.807) is 6.92 Å². The third-order valence-corrected chi connectivity index (χ3v) is 3.40. The highest BCUT2D eigenvalue weighted by molar-refractivity contribution is 5.84. The third-order valence-electron chi connectivity index (χ3n) is 3.40. The Kier molecular flexibility index (Phi) is 8.89. The minimum absolute atomic E-state index is 0.310. The van der Waals surface area contributed by atoms with Crippen LogP contribution < -0.4 is 11.1 Å². The summed E-state index contributed by atoms with van der Waals surface area (Å²) in [5, 5.41) is 3.08. The van der Waals surface area contributed by atoms with E-state index >= 15 is 0 Å². The fraction of sp³-hybridized carbons (Fsp3) is 0.929. The predicted octanol–water partition coefficient (Wildman–Crippen LogP) is 2.28. The summed E-state index contributed by atoms with van der Waals surface area (Å²) in [6, 6.07) is 0. The van der Waals surface area contributed by atoms with Gasteiger partial charge >= 0.3 is 6.18 Å². The second kappa shape index (κ2) is 9.25. The zero-order valence-corrected chi connectivity index (χ0v) is 13.2. The minimum Gasteiger partial charge on any atom is -0.368 e. The van der Waals surface area contributed by atoms with Gasteiger partial charge in [-0.15, -0.1) is 0 Å². The van der Waals surface area contributed by atoms with Gasteiger partial charge in [0.1, 0.15) is 0 Å². The molecule has 0 aliphatic heterocycles. The first-order chi connectivity index (χ1) is 9.64. The van der Waals surface area contributed by atoms with Gasteiger partial charge in [-0.05, 0) is 52.2 Å². The number of amides is 1. The maximum absolute atomic E-state index is 12.5. The quantitative estimate of drug-likeness (QED) is 0.615. The lowest BCUT2D eigenvalue weighted by Gasteiger charge is -2.29. The molecule has 0 bridgehead atoms. The van der Waals surface area contributed by atoms with E-state index < -0.39 is 24.2 Å². The van der Waals surface area contributed by atoms with Crippen molar-refractivity contribution < 1.29 is 18.0 Å². The SMILES string of the molecule is CCCNC(C)(CCCN(CCC)CC(F)(F)F)C(N)=O. The average Bonchev–Trinajstić information content (AvgIpc) is 2.34. The van der Waals surface area contributed by atoms with Crippen molar-refractivity contribution in [1.82, 2.24) is 10.2 Å². The maximum Gasteiger partial charge on any atom is 0.401 e. The number of carbonyl (C=O) groups is 1. The molecule has 0 saturated heterocycles. The molecule has 4 nitrogen and oxygen atoms in total. The Labute approximate surface area is 125 Å². The van der Waals surface area contributed by atoms with Crippen LogP contribution in [0, 0.1) is 0 Å². The molecule has 0 radical (unpaired) electrons. The van der Waals surface area contributed by atoms with Crippen LogP contribution in [-0.4, -0.2) is 48.7 Å². The molecule has 7 heteroatoms. The largest absolute Gasteiger partial charge is 0.401 e. The predicted molar refractivity (Wildman–Crippen MR) is 77.9 cm³/mol. The second-order valence-corrected chi connectivity index (χ2v) is 5.62. The summed E-state index contributed by atoms with van der Waals surface area (Å²) < 4.78 is 37.4. The first-order valence-corrected chi connectivity index (χ1v) is 7.48. The monoisotopic (exact) mass is 311 g/mol. The van der Waals surface area contributed by atoms with E-state index in [0.717, 1.165) is 6.42 Å². The van der Waals surface area contributed by atoms with E-state index in [2.05, 4.69) is 5.32 Å². The molecule has 0 aromatic rings. The molecule has 0 heterocycles. The number of nitrogens with zero attached hydrogens (tertiary/aromatic N) is 1. The standard InChI is InChI=1S/C14H28F3N3O/c1-4-8-19-13(3,12(18)21)7-6-10-20(9-5-2)11-14(15,16)17/h19H,4-11H2,1-3H3,(H2,18,21). The number of carbonyl (C=O) groups excluding carboxylic acids is 1. The summed E-state index contributed by atoms with van der Waals surface area (Å²) in [5.41, 5.74) is 4.54. The number of hydrogen-bond donors (Lipinski definition) is 2. The fourth-order valence-electron chi connectivity index (χ4n) is 2.20. The first kappa shape index (κ1) is 20.2. The van der Waals surface area contributed by atoms with E-state index in [9.17, 15) is 18.0 Å². The number of nitrogens with two attached hydrogens (primary N) is 1. The molecular formula is C14H28F3N3O. The van der Waals surface area contributed by atoms with Crippen LogP contribution in [0.1, 0.15) is 46.5 Å². The van der Waals surface area contributed by atoms with Gasteiger partial charge in [-0.3, -0.25) is 9.69 Å². The molecule has 1 unspecified atom stereocenters. The molecule has 0 aromatic carbocycles. The summed E-state index contributed by atoms with van der Waals surface area (Å²) in [6.45, 7) is 5.98. The van der Waals surface area contributed by atoms with Gasteiger partial charge < -0.3 is 11.1 Å². The number of nitrogens with one attached hydrogen (secondary N) is 1. The highest BCUT2D eigenvalue weighted by atomic mass is 19.4. The Morgan fingerprint density at radius 3 is 2.24 bits per heavy atom. The molecule has 0 aliphatic rings. The average molecular weight is 311 g/mol. The van der Waals surface area contributed by atoms with Gasteiger partial charge in [0.15, 0.2) is 0 Å². The third kappa shape index (κ3) is 8.93. The first-order valence-electron chi connectivity index (χ1n) is 7.48. The number of halogens is 3. The van der Waals surface area contributed by atoms with E-state index in [0.29, 0.717) is 38.9 Å². The maximum atomic E-state index is 12.5. The molecule has 126 valence electrons. The molecule has 0 fully saturated rings. The zero-order valence-electron chi connectivity index (χ0n) is 13.2. The van der Waals surface area contributed by atoms with Crippen molar-refractivity contribution in [3.05, 3.63) is 0 Å². The zero-order chi connectivity index (χ0) is 16.5. The van der Waals surface area contributed by atoms with E-state index in [1.807, 2.05) is 13.8 Å². The van der Waals surface area contributed by atoms with Gasteiger partial charge in [0.05, 0.1) is 12.1 Å². The molecule has 0 spiro atoms. The van der Waals surface area contributed by atoms with Crippen molar-refractivity contribution in [3.63, 3.8) is 0 Å². The molecule has 0 saturated carbocycles. The minimum atomic E-state index is -4.19. The van der Waals surface area contributed by atoms with Crippen LogP contribution in [0.25, 0.3) is 0 Å². The summed E-state index contributed by atoms with van der Waals surface area (Å²) in [7, 11) is 0. The smallest absolute Gasteiger partial charge is 0.368 e. The molecule has 1 amide bonds. The molecule has 0 aromatic heterocycles. The lowest BCUT2D eigenvalue weighted by atomic mass is 9.94. The molecule has 21 heavy (non-hydrogen) atoms. The number of alkyl halides is 3. The molecule has 1 atom stereocenters. The highest BCUT2D eigenvalue weighted by Gasteiger charge is 2.32. The van der Waals surface area contributed by atoms with E-state index in [4.69, 9.17) is 5.73 Å². The number of rotatable bonds is 11. The summed E-state index contributed by atoms with van der Waals surface area (Å²) >= 11 is 0. The van der Waals surface area contributed by atoms with Crippen molar-refractivity contribution in [2.45, 2.75) is 58.2 Å². The van der Waals surface area contributed by atoms with Gasteiger partial charge in [-0.2, -0.15) is 13.2 Å². The van der Waals surface area contributed by atoms with Crippen LogP contribution in [-0.2, 0) is 4.79 Å². The summed E-state index contributed by atoms with van der Waals surface area (Å²) in [4.78, 5) is 12.9. The van der Waals surface area contributed by atoms with Gasteiger partial charge in [0.2, 0.25) is 5.91 Å². The lowest BCUT2D eigenvalue weighted by Crippen LogP contribution is -2.53. The van der Waals surface area contributed by atoms with E-state index in [-0.39, 0.29) is 0 Å². The Morgan fingerprint density at radius 2 is 1.81 bits per heavy atom. The van der Waals surface area contributed by atoms with Crippen LogP contribution in [0.3, 0.4) is 0 Å². The Hall–Kier alpha value is -0.820. The topological polar surface area (TPSA) is 58.4 Å². The van der Waals surface area contributed by atoms with Crippen molar-refractivity contribution in [3.8, 4) is 0 Å². The second-order valence-electron chi connectivity index (χ2n) is 5.62. The van der Waals surface area contributed by atoms with Crippen molar-refractivity contribution >= 4 is 5.91 Å². The van der Waals surface area contributed by atoms with E-state index in [1.165, 1.54) is 4.90 Å². The lowest BCUT2D eigenvalue weighted by molar-refractivity contribution is -0.146. The number of hydrogen-bond acceptors (Lipinski definition) is 3. The molecule has 0 aliphatic carbocycles. The van der Waals surface area contributed by atoms with Gasteiger partial charge in [0.25, 0.3) is 0 Å². The van der Waals surface area contributed by atoms with Crippen molar-refractivity contribution in [2.24, 2.45) is 5.73 Å². The van der Waals surface area contributed by atoms with Crippen LogP contribution in [0.2, 0.25) is 0 Å². The van der Waals surface area contributed by atoms with Crippen LogP contribution in [0.5, 0.6) is 0 Å². The normalized spacial score (nSPS) is 15.2. The number of primary amides is 1. The Morgan fingerprint density at radius 1 is 1.19 bits per heavy atom. The van der Waals surface area contributed by atoms with Gasteiger partial charge in [-0.1, -0.05) is 13.8 Å². The summed E-state index contributed by atoms with van der Waals surface area (Å²) in [5.74, 6) is -0.464. The van der Waals surface area contributed by atoms with Crippen LogP contribution in [0.15, 0.2) is 0 Å². The molecular weight excluding hydrogens is 283 g/mol. The molecule has 3 N–H and O–H groups in total. The molecule has 0 rings (SSSR count). The Balaban J connectivity index is 4.40. The fourth-order valence-corrected chi connectivity index (χ4v) is 2.20. The Bertz CT molecular complexity index is 310. The van der Waals surface area contributed by atoms with Gasteiger partial charge in [0, 0.05) is 0 Å². The van der Waals surface area contributed by atoms with Crippen molar-refractivity contribution in [2.75, 3.05) is 26.2 Å².